The second-order valence-electron chi connectivity index (χ2n) is 4.82. The summed E-state index contributed by atoms with van der Waals surface area (Å²) in [5, 5.41) is 7.00. The van der Waals surface area contributed by atoms with Gasteiger partial charge in [0.05, 0.1) is 11.1 Å². The van der Waals surface area contributed by atoms with E-state index in [1.165, 1.54) is 0 Å². The fraction of sp³-hybridized carbons (Fsp3) is 0.400. The largest absolute Gasteiger partial charge is 0.400 e. The summed E-state index contributed by atoms with van der Waals surface area (Å²) in [5.41, 5.74) is 0.532. The summed E-state index contributed by atoms with van der Waals surface area (Å²) < 4.78 is 1.87. The highest BCUT2D eigenvalue weighted by molar-refractivity contribution is 5.73. The van der Waals surface area contributed by atoms with Gasteiger partial charge in [-0.3, -0.25) is 4.57 Å². The highest BCUT2D eigenvalue weighted by atomic mass is 16.2. The van der Waals surface area contributed by atoms with Gasteiger partial charge >= 0.3 is 0 Å². The van der Waals surface area contributed by atoms with E-state index in [9.17, 15) is 4.79 Å². The smallest absolute Gasteiger partial charge is 0.137 e. The first kappa shape index (κ1) is 14.4. The van der Waals surface area contributed by atoms with Crippen LogP contribution in [0.25, 0.3) is 5.82 Å². The van der Waals surface area contributed by atoms with Gasteiger partial charge in [-0.2, -0.15) is 0 Å². The van der Waals surface area contributed by atoms with Gasteiger partial charge in [0.25, 0.3) is 0 Å². The van der Waals surface area contributed by atoms with Gasteiger partial charge in [-0.25, -0.2) is 9.97 Å². The minimum absolute atomic E-state index is 0.339. The second kappa shape index (κ2) is 5.96. The lowest BCUT2D eigenvalue weighted by Crippen LogP contribution is -2.12. The van der Waals surface area contributed by atoms with Crippen molar-refractivity contribution in [3.05, 3.63) is 42.6 Å². The molecule has 1 aliphatic carbocycles. The van der Waals surface area contributed by atoms with Gasteiger partial charge in [0, 0.05) is 19.5 Å². The monoisotopic (exact) mass is 273 g/mol. The molecule has 2 atom stereocenters. The molecule has 0 amide bonds. The second-order valence-corrected chi connectivity index (χ2v) is 4.82. The molecule has 0 radical (unpaired) electrons. The first-order chi connectivity index (χ1) is 9.80. The average molecular weight is 273 g/mol. The Labute approximate surface area is 118 Å². The number of aromatic nitrogens is 3. The van der Waals surface area contributed by atoms with Crippen LogP contribution >= 0.6 is 0 Å². The highest BCUT2D eigenvalue weighted by Crippen LogP contribution is 2.53. The van der Waals surface area contributed by atoms with Crippen molar-refractivity contribution in [1.29, 1.82) is 0 Å². The van der Waals surface area contributed by atoms with E-state index in [1.54, 1.807) is 12.5 Å². The normalized spacial score (nSPS) is 23.6. The molecule has 1 fully saturated rings. The highest BCUT2D eigenvalue weighted by Gasteiger charge is 2.55. The zero-order chi connectivity index (χ0) is 14.6. The number of hydrogen-bond acceptors (Lipinski definition) is 4. The molecule has 20 heavy (non-hydrogen) atoms. The van der Waals surface area contributed by atoms with E-state index >= 15 is 0 Å². The lowest BCUT2D eigenvalue weighted by molar-refractivity contribution is -0.110. The van der Waals surface area contributed by atoms with Crippen LogP contribution in [0.1, 0.15) is 25.5 Å². The number of rotatable bonds is 4. The van der Waals surface area contributed by atoms with E-state index in [0.717, 1.165) is 37.7 Å². The van der Waals surface area contributed by atoms with E-state index < -0.39 is 0 Å². The van der Waals surface area contributed by atoms with Crippen molar-refractivity contribution < 1.29 is 9.90 Å². The molecule has 2 aromatic rings. The fourth-order valence-electron chi connectivity index (χ4n) is 2.57. The maximum Gasteiger partial charge on any atom is 0.137 e. The van der Waals surface area contributed by atoms with Gasteiger partial charge in [-0.05, 0) is 24.5 Å². The van der Waals surface area contributed by atoms with Crippen LogP contribution in [0.15, 0.2) is 36.9 Å². The molecule has 0 aromatic carbocycles. The summed E-state index contributed by atoms with van der Waals surface area (Å²) >= 11 is 0. The Kier molecular flexibility index (Phi) is 4.29. The van der Waals surface area contributed by atoms with Crippen LogP contribution in [0.2, 0.25) is 0 Å². The third-order valence-corrected chi connectivity index (χ3v) is 3.83. The molecule has 0 spiro atoms. The molecular weight excluding hydrogens is 254 g/mol. The summed E-state index contributed by atoms with van der Waals surface area (Å²) in [4.78, 5) is 20.0. The summed E-state index contributed by atoms with van der Waals surface area (Å²) in [6, 6.07) is 5.73. The number of aliphatic hydroxyl groups is 1. The Morgan fingerprint density at radius 3 is 2.80 bits per heavy atom. The SMILES string of the molecule is CCC1CC1(C=O)c1cn(-c2ccccn2)cn1.CO. The molecule has 0 aliphatic heterocycles. The van der Waals surface area contributed by atoms with Crippen LogP contribution in [0.4, 0.5) is 0 Å². The van der Waals surface area contributed by atoms with Crippen LogP contribution in [0.3, 0.4) is 0 Å². The van der Waals surface area contributed by atoms with Crippen LogP contribution in [0, 0.1) is 5.92 Å². The van der Waals surface area contributed by atoms with Crippen LogP contribution < -0.4 is 0 Å². The van der Waals surface area contributed by atoms with Crippen molar-refractivity contribution in [2.75, 3.05) is 7.11 Å². The number of pyridine rings is 1. The fourth-order valence-corrected chi connectivity index (χ4v) is 2.57. The van der Waals surface area contributed by atoms with Gasteiger partial charge < -0.3 is 9.90 Å². The molecule has 1 N–H and O–H groups in total. The van der Waals surface area contributed by atoms with Crippen molar-refractivity contribution in [3.8, 4) is 5.82 Å². The minimum Gasteiger partial charge on any atom is -0.400 e. The molecule has 2 heterocycles. The van der Waals surface area contributed by atoms with Crippen molar-refractivity contribution in [3.63, 3.8) is 0 Å². The first-order valence-corrected chi connectivity index (χ1v) is 6.67. The molecular formula is C15H19N3O2. The Bertz CT molecular complexity index is 568. The third-order valence-electron chi connectivity index (χ3n) is 3.83. The van der Waals surface area contributed by atoms with E-state index in [0.29, 0.717) is 5.92 Å². The van der Waals surface area contributed by atoms with Crippen molar-refractivity contribution in [1.82, 2.24) is 14.5 Å². The zero-order valence-electron chi connectivity index (χ0n) is 11.7. The zero-order valence-corrected chi connectivity index (χ0v) is 11.7. The third kappa shape index (κ3) is 2.36. The summed E-state index contributed by atoms with van der Waals surface area (Å²) in [7, 11) is 1.00. The van der Waals surface area contributed by atoms with Crippen molar-refractivity contribution >= 4 is 6.29 Å². The number of carbonyl (C=O) groups is 1. The molecule has 1 aliphatic rings. The molecule has 2 unspecified atom stereocenters. The van der Waals surface area contributed by atoms with Crippen LogP contribution in [-0.2, 0) is 10.2 Å². The van der Waals surface area contributed by atoms with Gasteiger partial charge in [-0.15, -0.1) is 0 Å². The van der Waals surface area contributed by atoms with E-state index in [2.05, 4.69) is 16.9 Å². The van der Waals surface area contributed by atoms with Crippen molar-refractivity contribution in [2.24, 2.45) is 5.92 Å². The molecule has 3 rings (SSSR count). The Morgan fingerprint density at radius 1 is 1.45 bits per heavy atom. The Morgan fingerprint density at radius 2 is 2.25 bits per heavy atom. The number of imidazole rings is 1. The van der Waals surface area contributed by atoms with Crippen LogP contribution in [0.5, 0.6) is 0 Å². The number of hydrogen-bond donors (Lipinski definition) is 1. The Hall–Kier alpha value is -2.01. The molecule has 5 heteroatoms. The molecule has 1 saturated carbocycles. The number of aliphatic hydroxyl groups excluding tert-OH is 1. The maximum atomic E-state index is 11.3. The van der Waals surface area contributed by atoms with E-state index in [-0.39, 0.29) is 5.41 Å². The molecule has 106 valence electrons. The standard InChI is InChI=1S/C14H15N3O.CH4O/c1-2-11-7-14(11,9-18)12-8-17(10-16-12)13-5-3-4-6-15-13;1-2/h3-6,8-11H,2,7H2,1H3;2H,1H3. The van der Waals surface area contributed by atoms with Gasteiger partial charge in [0.15, 0.2) is 0 Å². The van der Waals surface area contributed by atoms with Crippen molar-refractivity contribution in [2.45, 2.75) is 25.2 Å². The molecule has 0 bridgehead atoms. The molecule has 5 nitrogen and oxygen atoms in total. The number of aldehydes is 1. The Balaban J connectivity index is 0.000000704. The van der Waals surface area contributed by atoms with E-state index in [1.807, 2.05) is 29.0 Å². The molecule has 0 saturated heterocycles. The van der Waals surface area contributed by atoms with Gasteiger partial charge in [0.1, 0.15) is 18.4 Å². The summed E-state index contributed by atoms with van der Waals surface area (Å²) in [6.07, 6.45) is 8.41. The van der Waals surface area contributed by atoms with E-state index in [4.69, 9.17) is 5.11 Å². The van der Waals surface area contributed by atoms with Crippen LogP contribution in [-0.4, -0.2) is 33.0 Å². The van der Waals surface area contributed by atoms with Gasteiger partial charge in [0.2, 0.25) is 0 Å². The predicted molar refractivity (Wildman–Crippen MR) is 75.6 cm³/mol. The number of nitrogens with zero attached hydrogens (tertiary/aromatic N) is 3. The average Bonchev–Trinajstić information content (AvgIpc) is 3.06. The predicted octanol–water partition coefficient (Wildman–Crippen LogP) is 1.74. The summed E-state index contributed by atoms with van der Waals surface area (Å²) in [6.45, 7) is 2.12. The minimum atomic E-state index is -0.339. The van der Waals surface area contributed by atoms with Gasteiger partial charge in [-0.1, -0.05) is 19.4 Å². The topological polar surface area (TPSA) is 68.0 Å². The summed E-state index contributed by atoms with van der Waals surface area (Å²) in [5.74, 6) is 1.27. The quantitative estimate of drug-likeness (QED) is 0.862. The lowest BCUT2D eigenvalue weighted by Gasteiger charge is -2.04. The molecule has 2 aromatic heterocycles. The maximum absolute atomic E-state index is 11.3. The number of carbonyl (C=O) groups excluding carboxylic acids is 1. The lowest BCUT2D eigenvalue weighted by atomic mass is 10.0. The first-order valence-electron chi connectivity index (χ1n) is 6.67.